The van der Waals surface area contributed by atoms with Crippen molar-refractivity contribution in [1.82, 2.24) is 25.1 Å². The summed E-state index contributed by atoms with van der Waals surface area (Å²) in [5, 5.41) is 11.4. The van der Waals surface area contributed by atoms with Crippen LogP contribution < -0.4 is 10.2 Å². The van der Waals surface area contributed by atoms with E-state index in [-0.39, 0.29) is 0 Å². The molecule has 2 aromatic heterocycles. The van der Waals surface area contributed by atoms with Gasteiger partial charge in [0.25, 0.3) is 0 Å². The molecule has 2 aromatic rings. The average Bonchev–Trinajstić information content (AvgIpc) is 2.92. The molecule has 1 aliphatic rings. The van der Waals surface area contributed by atoms with E-state index in [1.807, 2.05) is 6.20 Å². The minimum absolute atomic E-state index is 0.775. The van der Waals surface area contributed by atoms with Crippen LogP contribution in [0, 0.1) is 0 Å². The number of anilines is 1. The van der Waals surface area contributed by atoms with E-state index in [0.29, 0.717) is 0 Å². The van der Waals surface area contributed by atoms with Gasteiger partial charge < -0.3 is 14.8 Å². The predicted molar refractivity (Wildman–Crippen MR) is 72.7 cm³/mol. The maximum Gasteiger partial charge on any atom is 0.152 e. The Bertz CT molecular complexity index is 550. The van der Waals surface area contributed by atoms with Crippen molar-refractivity contribution < 1.29 is 0 Å². The molecule has 0 aromatic carbocycles. The molecule has 0 spiro atoms. The van der Waals surface area contributed by atoms with Crippen molar-refractivity contribution in [3.05, 3.63) is 36.0 Å². The zero-order chi connectivity index (χ0) is 13.1. The highest BCUT2D eigenvalue weighted by Gasteiger charge is 2.18. The van der Waals surface area contributed by atoms with Crippen molar-refractivity contribution in [2.45, 2.75) is 26.6 Å². The first-order chi connectivity index (χ1) is 9.36. The van der Waals surface area contributed by atoms with Crippen molar-refractivity contribution in [2.75, 3.05) is 18.0 Å². The fourth-order valence-corrected chi connectivity index (χ4v) is 2.27. The molecule has 1 N–H and O–H groups in total. The summed E-state index contributed by atoms with van der Waals surface area (Å²) < 4.78 is 2.10. The zero-order valence-electron chi connectivity index (χ0n) is 11.1. The van der Waals surface area contributed by atoms with Crippen molar-refractivity contribution in [3.8, 4) is 0 Å². The SMILES string of the molecule is CCNCc1ccnc(N2CCn3cnnc3C2)c1. The van der Waals surface area contributed by atoms with Gasteiger partial charge in [0.2, 0.25) is 0 Å². The topological polar surface area (TPSA) is 58.9 Å². The maximum absolute atomic E-state index is 4.47. The van der Waals surface area contributed by atoms with E-state index in [9.17, 15) is 0 Å². The lowest BCUT2D eigenvalue weighted by Gasteiger charge is -2.28. The van der Waals surface area contributed by atoms with Crippen LogP contribution >= 0.6 is 0 Å². The normalized spacial score (nSPS) is 14.5. The summed E-state index contributed by atoms with van der Waals surface area (Å²) in [6.45, 7) is 6.61. The van der Waals surface area contributed by atoms with Crippen LogP contribution in [0.3, 0.4) is 0 Å². The lowest BCUT2D eigenvalue weighted by atomic mass is 10.2. The molecule has 0 bridgehead atoms. The van der Waals surface area contributed by atoms with Crippen LogP contribution in [0.25, 0.3) is 0 Å². The highest BCUT2D eigenvalue weighted by Crippen LogP contribution is 2.18. The molecule has 6 heteroatoms. The van der Waals surface area contributed by atoms with Gasteiger partial charge in [-0.05, 0) is 24.2 Å². The monoisotopic (exact) mass is 258 g/mol. The van der Waals surface area contributed by atoms with E-state index in [0.717, 1.165) is 44.4 Å². The van der Waals surface area contributed by atoms with Crippen LogP contribution in [0.2, 0.25) is 0 Å². The fourth-order valence-electron chi connectivity index (χ4n) is 2.27. The zero-order valence-corrected chi connectivity index (χ0v) is 11.1. The summed E-state index contributed by atoms with van der Waals surface area (Å²) in [6, 6.07) is 4.20. The van der Waals surface area contributed by atoms with Crippen LogP contribution in [-0.2, 0) is 19.6 Å². The average molecular weight is 258 g/mol. The first kappa shape index (κ1) is 12.1. The first-order valence-corrected chi connectivity index (χ1v) is 6.64. The van der Waals surface area contributed by atoms with Gasteiger partial charge in [0, 0.05) is 25.8 Å². The number of hydrogen-bond donors (Lipinski definition) is 1. The van der Waals surface area contributed by atoms with Crippen LogP contribution in [0.1, 0.15) is 18.3 Å². The summed E-state index contributed by atoms with van der Waals surface area (Å²) in [5.74, 6) is 2.02. The van der Waals surface area contributed by atoms with Gasteiger partial charge in [-0.1, -0.05) is 6.92 Å². The van der Waals surface area contributed by atoms with Gasteiger partial charge in [-0.2, -0.15) is 0 Å². The second kappa shape index (κ2) is 5.36. The van der Waals surface area contributed by atoms with Gasteiger partial charge in [0.1, 0.15) is 12.1 Å². The molecule has 0 aliphatic carbocycles. The first-order valence-electron chi connectivity index (χ1n) is 6.64. The maximum atomic E-state index is 4.47. The van der Waals surface area contributed by atoms with E-state index >= 15 is 0 Å². The summed E-state index contributed by atoms with van der Waals surface area (Å²) in [6.07, 6.45) is 3.67. The Morgan fingerprint density at radius 2 is 2.32 bits per heavy atom. The lowest BCUT2D eigenvalue weighted by molar-refractivity contribution is 0.556. The molecule has 19 heavy (non-hydrogen) atoms. The van der Waals surface area contributed by atoms with E-state index in [2.05, 4.69) is 49.0 Å². The van der Waals surface area contributed by atoms with E-state index in [1.54, 1.807) is 6.33 Å². The van der Waals surface area contributed by atoms with E-state index < -0.39 is 0 Å². The molecule has 0 fully saturated rings. The number of fused-ring (bicyclic) bond motifs is 1. The second-order valence-electron chi connectivity index (χ2n) is 4.66. The Labute approximate surface area is 112 Å². The Morgan fingerprint density at radius 1 is 1.37 bits per heavy atom. The van der Waals surface area contributed by atoms with Crippen LogP contribution in [0.5, 0.6) is 0 Å². The molecule has 6 nitrogen and oxygen atoms in total. The molecule has 0 saturated carbocycles. The molecular weight excluding hydrogens is 240 g/mol. The Morgan fingerprint density at radius 3 is 3.21 bits per heavy atom. The van der Waals surface area contributed by atoms with Gasteiger partial charge in [-0.15, -0.1) is 10.2 Å². The predicted octanol–water partition coefficient (Wildman–Crippen LogP) is 0.803. The fraction of sp³-hybridized carbons (Fsp3) is 0.462. The minimum Gasteiger partial charge on any atom is -0.347 e. The van der Waals surface area contributed by atoms with E-state index in [1.165, 1.54) is 5.56 Å². The largest absolute Gasteiger partial charge is 0.347 e. The molecule has 0 atom stereocenters. The van der Waals surface area contributed by atoms with Crippen LogP contribution in [0.4, 0.5) is 5.82 Å². The van der Waals surface area contributed by atoms with Gasteiger partial charge in [0.05, 0.1) is 6.54 Å². The van der Waals surface area contributed by atoms with Crippen LogP contribution in [-0.4, -0.2) is 32.8 Å². The van der Waals surface area contributed by atoms with Gasteiger partial charge in [-0.3, -0.25) is 0 Å². The molecule has 100 valence electrons. The smallest absolute Gasteiger partial charge is 0.152 e. The number of rotatable bonds is 4. The van der Waals surface area contributed by atoms with Gasteiger partial charge >= 0.3 is 0 Å². The highest BCUT2D eigenvalue weighted by molar-refractivity contribution is 5.41. The molecule has 3 rings (SSSR count). The number of nitrogens with zero attached hydrogens (tertiary/aromatic N) is 5. The third kappa shape index (κ3) is 2.58. The molecule has 0 amide bonds. The minimum atomic E-state index is 0.775. The molecular formula is C13H18N6. The molecule has 0 saturated heterocycles. The number of aromatic nitrogens is 4. The third-order valence-corrected chi connectivity index (χ3v) is 3.35. The summed E-state index contributed by atoms with van der Waals surface area (Å²) in [4.78, 5) is 6.72. The Hall–Kier alpha value is -1.95. The standard InChI is InChI=1S/C13H18N6/c1-2-14-8-11-3-4-15-12(7-11)18-5-6-19-10-16-17-13(19)9-18/h3-4,7,10,14H,2,5-6,8-9H2,1H3. The van der Waals surface area contributed by atoms with Gasteiger partial charge in [-0.25, -0.2) is 4.98 Å². The molecule has 1 aliphatic heterocycles. The quantitative estimate of drug-likeness (QED) is 0.879. The van der Waals surface area contributed by atoms with Crippen LogP contribution in [0.15, 0.2) is 24.7 Å². The van der Waals surface area contributed by atoms with Crippen molar-refractivity contribution in [2.24, 2.45) is 0 Å². The number of pyridine rings is 1. The lowest BCUT2D eigenvalue weighted by Crippen LogP contribution is -2.34. The van der Waals surface area contributed by atoms with Crippen molar-refractivity contribution in [1.29, 1.82) is 0 Å². The highest BCUT2D eigenvalue weighted by atomic mass is 15.3. The second-order valence-corrected chi connectivity index (χ2v) is 4.66. The molecule has 3 heterocycles. The van der Waals surface area contributed by atoms with E-state index in [4.69, 9.17) is 0 Å². The Balaban J connectivity index is 1.76. The molecule has 0 radical (unpaired) electrons. The Kier molecular flexibility index (Phi) is 3.41. The number of hydrogen-bond acceptors (Lipinski definition) is 5. The molecule has 0 unspecified atom stereocenters. The van der Waals surface area contributed by atoms with Gasteiger partial charge in [0.15, 0.2) is 5.82 Å². The third-order valence-electron chi connectivity index (χ3n) is 3.35. The summed E-state index contributed by atoms with van der Waals surface area (Å²) >= 11 is 0. The summed E-state index contributed by atoms with van der Waals surface area (Å²) in [5.41, 5.74) is 1.26. The number of nitrogens with one attached hydrogen (secondary N) is 1. The summed E-state index contributed by atoms with van der Waals surface area (Å²) in [7, 11) is 0. The van der Waals surface area contributed by atoms with Crippen molar-refractivity contribution >= 4 is 5.82 Å². The van der Waals surface area contributed by atoms with Crippen molar-refractivity contribution in [3.63, 3.8) is 0 Å².